The van der Waals surface area contributed by atoms with E-state index in [-0.39, 0.29) is 5.84 Å². The Labute approximate surface area is 75.6 Å². The minimum Gasteiger partial charge on any atom is -0.496 e. The first-order chi connectivity index (χ1) is 5.66. The molecule has 0 spiro atoms. The SMILES string of the molecule is COc1cccc(Cl)c1C(=N)N. The largest absolute Gasteiger partial charge is 0.496 e. The summed E-state index contributed by atoms with van der Waals surface area (Å²) in [5, 5.41) is 7.67. The van der Waals surface area contributed by atoms with Crippen molar-refractivity contribution in [2.45, 2.75) is 0 Å². The predicted molar refractivity (Wildman–Crippen MR) is 49.0 cm³/mol. The van der Waals surface area contributed by atoms with E-state index >= 15 is 0 Å². The molecule has 0 saturated heterocycles. The number of nitrogens with two attached hydrogens (primary N) is 1. The van der Waals surface area contributed by atoms with Gasteiger partial charge in [-0.05, 0) is 12.1 Å². The third-order valence-corrected chi connectivity index (χ3v) is 1.78. The van der Waals surface area contributed by atoms with Gasteiger partial charge in [0.2, 0.25) is 0 Å². The molecule has 3 N–H and O–H groups in total. The first-order valence-electron chi connectivity index (χ1n) is 3.33. The van der Waals surface area contributed by atoms with Crippen LogP contribution in [0, 0.1) is 5.41 Å². The van der Waals surface area contributed by atoms with E-state index in [1.165, 1.54) is 7.11 Å². The molecule has 0 bridgehead atoms. The maximum Gasteiger partial charge on any atom is 0.131 e. The van der Waals surface area contributed by atoms with Crippen molar-refractivity contribution in [2.24, 2.45) is 5.73 Å². The van der Waals surface area contributed by atoms with E-state index < -0.39 is 0 Å². The molecule has 0 amide bonds. The quantitative estimate of drug-likeness (QED) is 0.542. The summed E-state index contributed by atoms with van der Waals surface area (Å²) in [7, 11) is 1.51. The number of nitrogens with one attached hydrogen (secondary N) is 1. The number of hydrogen-bond donors (Lipinski definition) is 2. The van der Waals surface area contributed by atoms with Crippen LogP contribution in [0.15, 0.2) is 18.2 Å². The van der Waals surface area contributed by atoms with Gasteiger partial charge in [-0.2, -0.15) is 0 Å². The van der Waals surface area contributed by atoms with E-state index in [2.05, 4.69) is 0 Å². The van der Waals surface area contributed by atoms with Gasteiger partial charge in [0.15, 0.2) is 0 Å². The molecule has 0 aliphatic carbocycles. The summed E-state index contributed by atoms with van der Waals surface area (Å²) < 4.78 is 4.98. The second-order valence-electron chi connectivity index (χ2n) is 2.23. The normalized spacial score (nSPS) is 9.50. The van der Waals surface area contributed by atoms with Gasteiger partial charge in [-0.3, -0.25) is 5.41 Å². The second kappa shape index (κ2) is 3.45. The molecule has 0 heterocycles. The van der Waals surface area contributed by atoms with Crippen molar-refractivity contribution >= 4 is 17.4 Å². The zero-order chi connectivity index (χ0) is 9.14. The Kier molecular flexibility index (Phi) is 2.55. The van der Waals surface area contributed by atoms with Crippen molar-refractivity contribution in [3.05, 3.63) is 28.8 Å². The Morgan fingerprint density at radius 2 is 2.25 bits per heavy atom. The first kappa shape index (κ1) is 8.87. The third kappa shape index (κ3) is 1.51. The molecule has 64 valence electrons. The lowest BCUT2D eigenvalue weighted by molar-refractivity contribution is 0.414. The van der Waals surface area contributed by atoms with Crippen LogP contribution in [0.25, 0.3) is 0 Å². The van der Waals surface area contributed by atoms with Crippen molar-refractivity contribution < 1.29 is 4.74 Å². The highest BCUT2D eigenvalue weighted by Crippen LogP contribution is 2.25. The summed E-state index contributed by atoms with van der Waals surface area (Å²) in [6.07, 6.45) is 0. The predicted octanol–water partition coefficient (Wildman–Crippen LogP) is 1.63. The van der Waals surface area contributed by atoms with Gasteiger partial charge < -0.3 is 10.5 Å². The van der Waals surface area contributed by atoms with Gasteiger partial charge in [0.05, 0.1) is 17.7 Å². The molecule has 3 nitrogen and oxygen atoms in total. The van der Waals surface area contributed by atoms with Crippen molar-refractivity contribution in [3.63, 3.8) is 0 Å². The summed E-state index contributed by atoms with van der Waals surface area (Å²) in [4.78, 5) is 0. The van der Waals surface area contributed by atoms with Crippen LogP contribution in [-0.2, 0) is 0 Å². The van der Waals surface area contributed by atoms with Crippen LogP contribution in [0.3, 0.4) is 0 Å². The number of amidine groups is 1. The van der Waals surface area contributed by atoms with Crippen LogP contribution in [-0.4, -0.2) is 12.9 Å². The third-order valence-electron chi connectivity index (χ3n) is 1.46. The maximum absolute atomic E-state index is 7.23. The topological polar surface area (TPSA) is 59.1 Å². The van der Waals surface area contributed by atoms with Gasteiger partial charge in [0, 0.05) is 0 Å². The molecule has 1 aromatic rings. The lowest BCUT2D eigenvalue weighted by Gasteiger charge is -2.07. The maximum atomic E-state index is 7.23. The fourth-order valence-electron chi connectivity index (χ4n) is 0.936. The summed E-state index contributed by atoms with van der Waals surface area (Å²) in [5.74, 6) is 0.437. The molecule has 0 aromatic heterocycles. The Hall–Kier alpha value is -1.22. The van der Waals surface area contributed by atoms with Crippen LogP contribution >= 0.6 is 11.6 Å². The molecule has 0 fully saturated rings. The fourth-order valence-corrected chi connectivity index (χ4v) is 1.20. The van der Waals surface area contributed by atoms with Crippen LogP contribution in [0.4, 0.5) is 0 Å². The second-order valence-corrected chi connectivity index (χ2v) is 2.64. The number of halogens is 1. The number of methoxy groups -OCH3 is 1. The minimum absolute atomic E-state index is 0.0857. The standard InChI is InChI=1S/C8H9ClN2O/c1-12-6-4-2-3-5(9)7(6)8(10)11/h2-4H,1H3,(H3,10,11). The van der Waals surface area contributed by atoms with E-state index in [1.807, 2.05) is 0 Å². The molecule has 12 heavy (non-hydrogen) atoms. The van der Waals surface area contributed by atoms with Crippen LogP contribution in [0.1, 0.15) is 5.56 Å². The summed E-state index contributed by atoms with van der Waals surface area (Å²) in [6.45, 7) is 0. The van der Waals surface area contributed by atoms with Crippen molar-refractivity contribution in [3.8, 4) is 5.75 Å². The lowest BCUT2D eigenvalue weighted by atomic mass is 10.2. The summed E-state index contributed by atoms with van der Waals surface area (Å²) >= 11 is 5.80. The molecule has 4 heteroatoms. The monoisotopic (exact) mass is 184 g/mol. The highest BCUT2D eigenvalue weighted by atomic mass is 35.5. The smallest absolute Gasteiger partial charge is 0.131 e. The van der Waals surface area contributed by atoms with E-state index in [0.29, 0.717) is 16.3 Å². The van der Waals surface area contributed by atoms with Crippen molar-refractivity contribution in [1.82, 2.24) is 0 Å². The number of rotatable bonds is 2. The zero-order valence-corrected chi connectivity index (χ0v) is 7.35. The van der Waals surface area contributed by atoms with E-state index in [9.17, 15) is 0 Å². The highest BCUT2D eigenvalue weighted by molar-refractivity contribution is 6.34. The molecule has 0 unspecified atom stereocenters. The van der Waals surface area contributed by atoms with Crippen molar-refractivity contribution in [1.29, 1.82) is 5.41 Å². The van der Waals surface area contributed by atoms with Gasteiger partial charge in [-0.1, -0.05) is 17.7 Å². The number of ether oxygens (including phenoxy) is 1. The van der Waals surface area contributed by atoms with Crippen LogP contribution in [0.5, 0.6) is 5.75 Å². The average Bonchev–Trinajstić information content (AvgIpc) is 2.03. The van der Waals surface area contributed by atoms with Gasteiger partial charge in [-0.25, -0.2) is 0 Å². The minimum atomic E-state index is -0.0857. The van der Waals surface area contributed by atoms with Gasteiger partial charge in [0.25, 0.3) is 0 Å². The first-order valence-corrected chi connectivity index (χ1v) is 3.71. The molecular weight excluding hydrogens is 176 g/mol. The van der Waals surface area contributed by atoms with Crippen LogP contribution < -0.4 is 10.5 Å². The highest BCUT2D eigenvalue weighted by Gasteiger charge is 2.09. The molecule has 0 radical (unpaired) electrons. The summed E-state index contributed by atoms with van der Waals surface area (Å²) in [6, 6.07) is 5.12. The fraction of sp³-hybridized carbons (Fsp3) is 0.125. The number of nitrogen functional groups attached to an aromatic ring is 1. The average molecular weight is 185 g/mol. The van der Waals surface area contributed by atoms with Gasteiger partial charge >= 0.3 is 0 Å². The molecule has 0 saturated carbocycles. The van der Waals surface area contributed by atoms with E-state index in [4.69, 9.17) is 27.5 Å². The van der Waals surface area contributed by atoms with E-state index in [0.717, 1.165) is 0 Å². The molecule has 0 aliphatic heterocycles. The molecular formula is C8H9ClN2O. The van der Waals surface area contributed by atoms with Crippen LogP contribution in [0.2, 0.25) is 5.02 Å². The Bertz CT molecular complexity index is 312. The summed E-state index contributed by atoms with van der Waals surface area (Å²) in [5.41, 5.74) is 5.76. The molecule has 1 aromatic carbocycles. The Balaban J connectivity index is 3.29. The lowest BCUT2D eigenvalue weighted by Crippen LogP contribution is -2.13. The zero-order valence-electron chi connectivity index (χ0n) is 6.60. The van der Waals surface area contributed by atoms with Crippen molar-refractivity contribution in [2.75, 3.05) is 7.11 Å². The van der Waals surface area contributed by atoms with Gasteiger partial charge in [0.1, 0.15) is 11.6 Å². The molecule has 0 aliphatic rings. The van der Waals surface area contributed by atoms with Gasteiger partial charge in [-0.15, -0.1) is 0 Å². The molecule has 0 atom stereocenters. The number of benzene rings is 1. The van der Waals surface area contributed by atoms with E-state index in [1.54, 1.807) is 18.2 Å². The number of hydrogen-bond acceptors (Lipinski definition) is 2. The Morgan fingerprint density at radius 3 is 2.67 bits per heavy atom. The Morgan fingerprint density at radius 1 is 1.58 bits per heavy atom. The molecule has 1 rings (SSSR count).